The minimum absolute atomic E-state index is 0.0490. The van der Waals surface area contributed by atoms with E-state index in [2.05, 4.69) is 9.97 Å². The molecule has 0 saturated carbocycles. The molecule has 2 aromatic rings. The standard InChI is InChI=1S/C8H7ClN4O/c9-8-11-6-2-1-3-13(6)7(12-8)4-5(10)14/h1-3H,4H2,(H2,10,14). The van der Waals surface area contributed by atoms with E-state index in [-0.39, 0.29) is 11.7 Å². The minimum atomic E-state index is -0.449. The number of fused-ring (bicyclic) bond motifs is 1. The lowest BCUT2D eigenvalue weighted by Gasteiger charge is -2.02. The number of hydrogen-bond acceptors (Lipinski definition) is 3. The maximum atomic E-state index is 10.8. The zero-order valence-corrected chi connectivity index (χ0v) is 7.90. The van der Waals surface area contributed by atoms with Crippen molar-refractivity contribution in [3.8, 4) is 0 Å². The summed E-state index contributed by atoms with van der Waals surface area (Å²) >= 11 is 5.68. The van der Waals surface area contributed by atoms with Gasteiger partial charge in [0.05, 0.1) is 6.42 Å². The van der Waals surface area contributed by atoms with Crippen LogP contribution < -0.4 is 5.73 Å². The third-order valence-electron chi connectivity index (χ3n) is 1.77. The Bertz CT molecular complexity index is 493. The van der Waals surface area contributed by atoms with Crippen LogP contribution in [0.2, 0.25) is 5.28 Å². The highest BCUT2D eigenvalue weighted by atomic mass is 35.5. The third-order valence-corrected chi connectivity index (χ3v) is 1.93. The fraction of sp³-hybridized carbons (Fsp3) is 0.125. The number of amides is 1. The van der Waals surface area contributed by atoms with Gasteiger partial charge in [-0.15, -0.1) is 0 Å². The van der Waals surface area contributed by atoms with E-state index in [9.17, 15) is 4.79 Å². The summed E-state index contributed by atoms with van der Waals surface area (Å²) in [5.41, 5.74) is 5.73. The molecular weight excluding hydrogens is 204 g/mol. The quantitative estimate of drug-likeness (QED) is 0.780. The van der Waals surface area contributed by atoms with E-state index < -0.39 is 5.91 Å². The first-order chi connectivity index (χ1) is 6.66. The first-order valence-electron chi connectivity index (χ1n) is 3.94. The molecule has 0 atom stereocenters. The predicted molar refractivity (Wildman–Crippen MR) is 50.9 cm³/mol. The zero-order valence-electron chi connectivity index (χ0n) is 7.14. The number of rotatable bonds is 2. The lowest BCUT2D eigenvalue weighted by molar-refractivity contribution is -0.117. The van der Waals surface area contributed by atoms with Gasteiger partial charge in [-0.25, -0.2) is 4.98 Å². The van der Waals surface area contributed by atoms with Gasteiger partial charge in [0.2, 0.25) is 11.2 Å². The summed E-state index contributed by atoms with van der Waals surface area (Å²) in [4.78, 5) is 18.6. The molecule has 0 fully saturated rings. The van der Waals surface area contributed by atoms with Crippen molar-refractivity contribution in [2.75, 3.05) is 0 Å². The minimum Gasteiger partial charge on any atom is -0.369 e. The second-order valence-corrected chi connectivity index (χ2v) is 3.13. The van der Waals surface area contributed by atoms with Crippen LogP contribution in [0.3, 0.4) is 0 Å². The number of aromatic nitrogens is 3. The molecule has 0 aromatic carbocycles. The van der Waals surface area contributed by atoms with Crippen LogP contribution in [0.15, 0.2) is 18.3 Å². The number of halogens is 1. The molecule has 0 spiro atoms. The summed E-state index contributed by atoms with van der Waals surface area (Å²) in [5.74, 6) is 0.0484. The van der Waals surface area contributed by atoms with Crippen LogP contribution >= 0.6 is 11.6 Å². The molecule has 0 aliphatic rings. The van der Waals surface area contributed by atoms with Gasteiger partial charge >= 0.3 is 0 Å². The van der Waals surface area contributed by atoms with Crippen LogP contribution in [0.4, 0.5) is 0 Å². The molecular formula is C8H7ClN4O. The number of nitrogens with zero attached hydrogens (tertiary/aromatic N) is 3. The summed E-state index contributed by atoms with van der Waals surface area (Å²) in [5, 5.41) is 0.118. The molecule has 6 heteroatoms. The summed E-state index contributed by atoms with van der Waals surface area (Å²) < 4.78 is 1.68. The van der Waals surface area contributed by atoms with Gasteiger partial charge in [-0.3, -0.25) is 9.20 Å². The lowest BCUT2D eigenvalue weighted by atomic mass is 10.4. The molecule has 72 valence electrons. The Balaban J connectivity index is 2.60. The maximum Gasteiger partial charge on any atom is 0.226 e. The van der Waals surface area contributed by atoms with Crippen molar-refractivity contribution < 1.29 is 4.79 Å². The predicted octanol–water partition coefficient (Wildman–Crippen LogP) is 0.410. The van der Waals surface area contributed by atoms with Crippen LogP contribution in [0.25, 0.3) is 5.65 Å². The fourth-order valence-corrected chi connectivity index (χ4v) is 1.43. The Morgan fingerprint density at radius 3 is 3.07 bits per heavy atom. The molecule has 2 N–H and O–H groups in total. The van der Waals surface area contributed by atoms with Crippen molar-refractivity contribution in [2.45, 2.75) is 6.42 Å². The topological polar surface area (TPSA) is 73.3 Å². The van der Waals surface area contributed by atoms with Gasteiger partial charge in [0.1, 0.15) is 11.5 Å². The largest absolute Gasteiger partial charge is 0.369 e. The molecule has 14 heavy (non-hydrogen) atoms. The van der Waals surface area contributed by atoms with Crippen LogP contribution in [0.1, 0.15) is 5.82 Å². The Hall–Kier alpha value is -1.62. The zero-order chi connectivity index (χ0) is 10.1. The van der Waals surface area contributed by atoms with Crippen LogP contribution in [-0.2, 0) is 11.2 Å². The molecule has 0 saturated heterocycles. The SMILES string of the molecule is NC(=O)Cc1nc(Cl)nc2cccn12. The van der Waals surface area contributed by atoms with Gasteiger partial charge in [-0.1, -0.05) is 0 Å². The van der Waals surface area contributed by atoms with E-state index in [1.165, 1.54) is 0 Å². The molecule has 5 nitrogen and oxygen atoms in total. The van der Waals surface area contributed by atoms with Gasteiger partial charge in [-0.2, -0.15) is 4.98 Å². The van der Waals surface area contributed by atoms with Crippen molar-refractivity contribution in [2.24, 2.45) is 5.73 Å². The molecule has 2 rings (SSSR count). The first kappa shape index (κ1) is 8.96. The average molecular weight is 211 g/mol. The summed E-state index contributed by atoms with van der Waals surface area (Å²) in [6.45, 7) is 0. The van der Waals surface area contributed by atoms with Gasteiger partial charge in [0.25, 0.3) is 0 Å². The number of carbonyl (C=O) groups excluding carboxylic acids is 1. The molecule has 1 amide bonds. The normalized spacial score (nSPS) is 10.6. The summed E-state index contributed by atoms with van der Waals surface area (Å²) in [7, 11) is 0. The Morgan fingerprint density at radius 2 is 2.36 bits per heavy atom. The molecule has 2 aromatic heterocycles. The van der Waals surface area contributed by atoms with E-state index in [1.807, 2.05) is 0 Å². The maximum absolute atomic E-state index is 10.8. The van der Waals surface area contributed by atoms with E-state index in [4.69, 9.17) is 17.3 Å². The molecule has 0 bridgehead atoms. The third kappa shape index (κ3) is 1.54. The van der Waals surface area contributed by atoms with Crippen molar-refractivity contribution in [3.05, 3.63) is 29.4 Å². The molecule has 0 unspecified atom stereocenters. The smallest absolute Gasteiger partial charge is 0.226 e. The highest BCUT2D eigenvalue weighted by molar-refractivity contribution is 6.28. The monoisotopic (exact) mass is 210 g/mol. The first-order valence-corrected chi connectivity index (χ1v) is 4.32. The van der Waals surface area contributed by atoms with E-state index in [1.54, 1.807) is 22.7 Å². The van der Waals surface area contributed by atoms with Crippen molar-refractivity contribution in [1.82, 2.24) is 14.4 Å². The second kappa shape index (κ2) is 3.26. The lowest BCUT2D eigenvalue weighted by Crippen LogP contribution is -2.17. The van der Waals surface area contributed by atoms with Crippen LogP contribution in [0, 0.1) is 0 Å². The van der Waals surface area contributed by atoms with Crippen molar-refractivity contribution in [1.29, 1.82) is 0 Å². The number of primary amides is 1. The highest BCUT2D eigenvalue weighted by Gasteiger charge is 2.07. The van der Waals surface area contributed by atoms with E-state index in [0.29, 0.717) is 11.5 Å². The van der Waals surface area contributed by atoms with E-state index in [0.717, 1.165) is 0 Å². The number of hydrogen-bond donors (Lipinski definition) is 1. The Labute approximate surface area is 84.5 Å². The van der Waals surface area contributed by atoms with Crippen LogP contribution in [0.5, 0.6) is 0 Å². The molecule has 0 aliphatic carbocycles. The highest BCUT2D eigenvalue weighted by Crippen LogP contribution is 2.09. The molecule has 2 heterocycles. The van der Waals surface area contributed by atoms with Crippen molar-refractivity contribution in [3.63, 3.8) is 0 Å². The number of carbonyl (C=O) groups is 1. The fourth-order valence-electron chi connectivity index (χ4n) is 1.24. The Morgan fingerprint density at radius 1 is 1.57 bits per heavy atom. The van der Waals surface area contributed by atoms with Gasteiger partial charge in [0.15, 0.2) is 0 Å². The summed E-state index contributed by atoms with van der Waals surface area (Å²) in [6.07, 6.45) is 1.80. The molecule has 0 radical (unpaired) electrons. The molecule has 0 aliphatic heterocycles. The number of nitrogens with two attached hydrogens (primary N) is 1. The van der Waals surface area contributed by atoms with Gasteiger partial charge < -0.3 is 5.73 Å². The van der Waals surface area contributed by atoms with Gasteiger partial charge in [-0.05, 0) is 23.7 Å². The average Bonchev–Trinajstić information content (AvgIpc) is 2.50. The summed E-state index contributed by atoms with van der Waals surface area (Å²) in [6, 6.07) is 3.57. The second-order valence-electron chi connectivity index (χ2n) is 2.79. The van der Waals surface area contributed by atoms with Crippen molar-refractivity contribution >= 4 is 23.2 Å². The van der Waals surface area contributed by atoms with Gasteiger partial charge in [0, 0.05) is 6.20 Å². The van der Waals surface area contributed by atoms with E-state index >= 15 is 0 Å². The van der Waals surface area contributed by atoms with Crippen LogP contribution in [-0.4, -0.2) is 20.3 Å². The Kier molecular flexibility index (Phi) is 2.09.